The molecular weight excluding hydrogens is 464 g/mol. The molecule has 0 aliphatic rings. The molecule has 0 fully saturated rings. The first kappa shape index (κ1) is 22.5. The molecule has 0 atom stereocenters. The van der Waals surface area contributed by atoms with Crippen LogP contribution in [0, 0.1) is 0 Å². The average molecular weight is 487 g/mol. The second-order valence-electron chi connectivity index (χ2n) is 7.70. The van der Waals surface area contributed by atoms with Crippen molar-refractivity contribution in [2.24, 2.45) is 0 Å². The molecule has 2 heterocycles. The number of aromatic nitrogens is 3. The topological polar surface area (TPSA) is 98.2 Å². The Morgan fingerprint density at radius 2 is 1.74 bits per heavy atom. The van der Waals surface area contributed by atoms with E-state index in [1.165, 1.54) is 16.3 Å². The lowest BCUT2D eigenvalue weighted by Crippen LogP contribution is -2.23. The van der Waals surface area contributed by atoms with Gasteiger partial charge in [0.25, 0.3) is 5.56 Å². The molecule has 5 aromatic rings. The summed E-state index contributed by atoms with van der Waals surface area (Å²) in [4.78, 5) is 34.4. The number of benzene rings is 3. The Hall–Kier alpha value is -4.24. The smallest absolute Gasteiger partial charge is 0.283 e. The maximum absolute atomic E-state index is 13.6. The number of anilines is 1. The van der Waals surface area contributed by atoms with E-state index in [9.17, 15) is 9.59 Å². The van der Waals surface area contributed by atoms with Crippen LogP contribution in [0.25, 0.3) is 27.6 Å². The van der Waals surface area contributed by atoms with Crippen LogP contribution in [0.15, 0.2) is 82.7 Å². The first-order valence-corrected chi connectivity index (χ1v) is 11.8. The van der Waals surface area contributed by atoms with Gasteiger partial charge in [0, 0.05) is 28.7 Å². The summed E-state index contributed by atoms with van der Waals surface area (Å²) in [6.45, 7) is 0. The third-order valence-electron chi connectivity index (χ3n) is 5.49. The van der Waals surface area contributed by atoms with Gasteiger partial charge in [0.2, 0.25) is 5.91 Å². The molecule has 0 aliphatic carbocycles. The van der Waals surface area contributed by atoms with Gasteiger partial charge in [-0.25, -0.2) is 4.98 Å². The molecule has 0 saturated heterocycles. The van der Waals surface area contributed by atoms with E-state index in [1.54, 1.807) is 62.8 Å². The molecule has 1 amide bonds. The Labute approximate surface area is 204 Å². The number of aromatic amines is 1. The van der Waals surface area contributed by atoms with Gasteiger partial charge in [-0.1, -0.05) is 42.1 Å². The summed E-state index contributed by atoms with van der Waals surface area (Å²) < 4.78 is 12.1. The lowest BCUT2D eigenvalue weighted by molar-refractivity contribution is -0.113. The van der Waals surface area contributed by atoms with Crippen molar-refractivity contribution in [3.8, 4) is 17.2 Å². The van der Waals surface area contributed by atoms with Crippen LogP contribution in [0.1, 0.15) is 0 Å². The normalized spacial score (nSPS) is 11.0. The third-order valence-corrected chi connectivity index (χ3v) is 6.43. The van der Waals surface area contributed by atoms with E-state index in [0.717, 1.165) is 10.9 Å². The average Bonchev–Trinajstić information content (AvgIpc) is 3.27. The molecule has 0 bridgehead atoms. The number of fused-ring (bicyclic) bond motifs is 3. The van der Waals surface area contributed by atoms with Crippen LogP contribution in [0.3, 0.4) is 0 Å². The van der Waals surface area contributed by atoms with Crippen LogP contribution in [-0.4, -0.2) is 40.4 Å². The number of H-pyrrole nitrogens is 1. The van der Waals surface area contributed by atoms with Crippen molar-refractivity contribution in [3.05, 3.63) is 83.2 Å². The van der Waals surface area contributed by atoms with Gasteiger partial charge in [0.15, 0.2) is 5.16 Å². The molecule has 9 heteroatoms. The van der Waals surface area contributed by atoms with Crippen molar-refractivity contribution >= 4 is 45.3 Å². The van der Waals surface area contributed by atoms with Gasteiger partial charge in [-0.15, -0.1) is 0 Å². The number of rotatable bonds is 7. The Bertz CT molecular complexity index is 1610. The molecule has 35 heavy (non-hydrogen) atoms. The van der Waals surface area contributed by atoms with Gasteiger partial charge in [-0.2, -0.15) is 0 Å². The van der Waals surface area contributed by atoms with Crippen molar-refractivity contribution in [2.45, 2.75) is 5.16 Å². The highest BCUT2D eigenvalue weighted by molar-refractivity contribution is 7.99. The fourth-order valence-electron chi connectivity index (χ4n) is 3.84. The van der Waals surface area contributed by atoms with E-state index in [-0.39, 0.29) is 17.2 Å². The number of methoxy groups -OCH3 is 2. The molecule has 2 aromatic heterocycles. The number of thioether (sulfide) groups is 1. The number of carbonyl (C=O) groups excluding carboxylic acids is 1. The minimum Gasteiger partial charge on any atom is -0.497 e. The third kappa shape index (κ3) is 4.45. The molecule has 0 radical (unpaired) electrons. The highest BCUT2D eigenvalue weighted by Gasteiger charge is 2.18. The number of nitrogens with zero attached hydrogens (tertiary/aromatic N) is 2. The summed E-state index contributed by atoms with van der Waals surface area (Å²) in [5.74, 6) is 1.09. The van der Waals surface area contributed by atoms with Gasteiger partial charge in [-0.3, -0.25) is 14.2 Å². The first-order valence-electron chi connectivity index (χ1n) is 10.8. The minimum atomic E-state index is -0.254. The SMILES string of the molecule is COc1cccc(NC(=O)CSc2nc3c([nH]c4ccccc43)c(=O)n2-c2cccc(OC)c2)c1. The van der Waals surface area contributed by atoms with Crippen molar-refractivity contribution in [1.82, 2.24) is 14.5 Å². The predicted octanol–water partition coefficient (Wildman–Crippen LogP) is 4.62. The number of nitrogens with one attached hydrogen (secondary N) is 2. The highest BCUT2D eigenvalue weighted by atomic mass is 32.2. The van der Waals surface area contributed by atoms with Gasteiger partial charge < -0.3 is 19.8 Å². The lowest BCUT2D eigenvalue weighted by atomic mass is 10.2. The van der Waals surface area contributed by atoms with E-state index in [4.69, 9.17) is 14.5 Å². The Morgan fingerprint density at radius 3 is 2.54 bits per heavy atom. The number of hydrogen-bond donors (Lipinski definition) is 2. The van der Waals surface area contributed by atoms with Crippen molar-refractivity contribution in [2.75, 3.05) is 25.3 Å². The van der Waals surface area contributed by atoms with Crippen LogP contribution in [0.4, 0.5) is 5.69 Å². The molecular formula is C26H22N4O4S. The van der Waals surface area contributed by atoms with Crippen LogP contribution in [0.5, 0.6) is 11.5 Å². The van der Waals surface area contributed by atoms with Crippen LogP contribution < -0.4 is 20.3 Å². The van der Waals surface area contributed by atoms with Crippen molar-refractivity contribution in [3.63, 3.8) is 0 Å². The molecule has 0 saturated carbocycles. The quantitative estimate of drug-likeness (QED) is 0.257. The summed E-state index contributed by atoms with van der Waals surface area (Å²) in [7, 11) is 3.14. The van der Waals surface area contributed by atoms with Crippen LogP contribution in [-0.2, 0) is 4.79 Å². The summed E-state index contributed by atoms with van der Waals surface area (Å²) >= 11 is 1.19. The minimum absolute atomic E-state index is 0.0570. The first-order chi connectivity index (χ1) is 17.1. The lowest BCUT2D eigenvalue weighted by Gasteiger charge is -2.13. The summed E-state index contributed by atoms with van der Waals surface area (Å²) in [6.07, 6.45) is 0. The van der Waals surface area contributed by atoms with Gasteiger partial charge in [0.1, 0.15) is 22.5 Å². The molecule has 5 rings (SSSR count). The summed E-state index contributed by atoms with van der Waals surface area (Å²) in [6, 6.07) is 21.9. The summed E-state index contributed by atoms with van der Waals surface area (Å²) in [5.41, 5.74) is 2.76. The number of para-hydroxylation sites is 1. The zero-order valence-electron chi connectivity index (χ0n) is 19.1. The maximum atomic E-state index is 13.6. The standard InChI is InChI=1S/C26H22N4O4S/c1-33-18-9-5-7-16(13-18)27-22(31)15-35-26-29-23-20-11-3-4-12-21(20)28-24(23)25(32)30(26)17-8-6-10-19(14-17)34-2/h3-14,28H,15H2,1-2H3,(H,27,31). The second kappa shape index (κ2) is 9.55. The molecule has 0 unspecified atom stereocenters. The van der Waals surface area contributed by atoms with E-state index in [1.807, 2.05) is 24.3 Å². The van der Waals surface area contributed by atoms with Gasteiger partial charge in [0.05, 0.1) is 25.7 Å². The molecule has 0 spiro atoms. The largest absolute Gasteiger partial charge is 0.497 e. The molecule has 0 aliphatic heterocycles. The number of amides is 1. The Morgan fingerprint density at radius 1 is 1.00 bits per heavy atom. The number of ether oxygens (including phenoxy) is 2. The zero-order valence-corrected chi connectivity index (χ0v) is 19.9. The van der Waals surface area contributed by atoms with Crippen molar-refractivity contribution < 1.29 is 14.3 Å². The van der Waals surface area contributed by atoms with E-state index >= 15 is 0 Å². The fraction of sp³-hybridized carbons (Fsp3) is 0.115. The molecule has 3 aromatic carbocycles. The van der Waals surface area contributed by atoms with Gasteiger partial charge >= 0.3 is 0 Å². The Balaban J connectivity index is 1.55. The highest BCUT2D eigenvalue weighted by Crippen LogP contribution is 2.27. The number of hydrogen-bond acceptors (Lipinski definition) is 6. The second-order valence-corrected chi connectivity index (χ2v) is 8.64. The molecule has 176 valence electrons. The van der Waals surface area contributed by atoms with Gasteiger partial charge in [-0.05, 0) is 30.3 Å². The predicted molar refractivity (Wildman–Crippen MR) is 138 cm³/mol. The maximum Gasteiger partial charge on any atom is 0.283 e. The van der Waals surface area contributed by atoms with Crippen LogP contribution in [0.2, 0.25) is 0 Å². The zero-order chi connectivity index (χ0) is 24.4. The summed E-state index contributed by atoms with van der Waals surface area (Å²) in [5, 5.41) is 4.11. The molecule has 2 N–H and O–H groups in total. The monoisotopic (exact) mass is 486 g/mol. The van der Waals surface area contributed by atoms with E-state index in [0.29, 0.717) is 39.1 Å². The fourth-order valence-corrected chi connectivity index (χ4v) is 4.65. The Kier molecular flexibility index (Phi) is 6.15. The van der Waals surface area contributed by atoms with E-state index in [2.05, 4.69) is 10.3 Å². The van der Waals surface area contributed by atoms with Crippen LogP contribution >= 0.6 is 11.8 Å². The molecule has 8 nitrogen and oxygen atoms in total. The van der Waals surface area contributed by atoms with E-state index < -0.39 is 0 Å². The number of carbonyl (C=O) groups is 1. The van der Waals surface area contributed by atoms with Crippen molar-refractivity contribution in [1.29, 1.82) is 0 Å².